The fourth-order valence-corrected chi connectivity index (χ4v) is 5.26. The summed E-state index contributed by atoms with van der Waals surface area (Å²) in [5.74, 6) is 0. The number of rotatable bonds is 2. The van der Waals surface area contributed by atoms with Crippen LogP contribution in [0.15, 0.2) is 0 Å². The Morgan fingerprint density at radius 2 is 0.622 bits per heavy atom. The van der Waals surface area contributed by atoms with Gasteiger partial charge in [-0.2, -0.15) is 0 Å². The van der Waals surface area contributed by atoms with Crippen molar-refractivity contribution >= 4 is 13.6 Å². The molecular formula is C39H48N3O2Re-3. The van der Waals surface area contributed by atoms with Gasteiger partial charge in [-0.25, -0.2) is 0 Å². The molecule has 0 aliphatic rings. The second-order valence-electron chi connectivity index (χ2n) is 11.8. The van der Waals surface area contributed by atoms with E-state index in [1.807, 2.05) is 0 Å². The number of hydrogen-bond acceptors (Lipinski definition) is 5. The van der Waals surface area contributed by atoms with Crippen LogP contribution in [0.1, 0.15) is 89.4 Å². The Labute approximate surface area is 286 Å². The molecule has 0 fully saturated rings. The smallest absolute Gasteiger partial charge is 0.0924 e. The van der Waals surface area contributed by atoms with Crippen LogP contribution < -0.4 is 0 Å². The molecule has 4 aromatic rings. The molecule has 3 heterocycles. The normalized spacial score (nSPS) is 9.96. The van der Waals surface area contributed by atoms with Crippen LogP contribution in [0.4, 0.5) is 0 Å². The van der Waals surface area contributed by atoms with Crippen LogP contribution in [0.2, 0.25) is 0 Å². The number of carbonyl (C=O) groups excluding carboxylic acids is 2. The van der Waals surface area contributed by atoms with Crippen molar-refractivity contribution in [3.63, 3.8) is 0 Å². The standard InChI is InChI=1S/C19H24N.C18H24N2.2CO.Re/c1-10-9-18(15(6)12(3)11(10)2)19-16(7)13(4)14(5)17(8)20-19;1-9-11(3)15(7)19-17(13(9)5)18-14(6)10(2)12(4)16(8)20-18;2*1-2;/h2*1-8H3;;;/q-1;;2*-1;. The van der Waals surface area contributed by atoms with Crippen LogP contribution in [0, 0.1) is 117 Å². The van der Waals surface area contributed by atoms with Gasteiger partial charge in [0.2, 0.25) is 0 Å². The molecule has 241 valence electrons. The van der Waals surface area contributed by atoms with Crippen molar-refractivity contribution in [2.75, 3.05) is 0 Å². The van der Waals surface area contributed by atoms with Crippen molar-refractivity contribution in [1.82, 2.24) is 15.0 Å². The van der Waals surface area contributed by atoms with E-state index in [0.717, 1.165) is 39.7 Å². The third-order valence-corrected chi connectivity index (χ3v) is 9.74. The van der Waals surface area contributed by atoms with Gasteiger partial charge in [-0.15, -0.1) is 33.9 Å². The number of aryl methyl sites for hydroxylation is 4. The fraction of sp³-hybridized carbons (Fsp3) is 0.410. The van der Waals surface area contributed by atoms with E-state index in [-0.39, 0.29) is 20.4 Å². The zero-order chi connectivity index (χ0) is 34.4. The van der Waals surface area contributed by atoms with Gasteiger partial charge in [0.15, 0.2) is 0 Å². The Kier molecular flexibility index (Phi) is 16.1. The van der Waals surface area contributed by atoms with E-state index < -0.39 is 0 Å². The monoisotopic (exact) mass is 777 g/mol. The molecular weight excluding hydrogens is 729 g/mol. The van der Waals surface area contributed by atoms with Gasteiger partial charge in [-0.1, -0.05) is 38.8 Å². The predicted octanol–water partition coefficient (Wildman–Crippen LogP) is 8.83. The van der Waals surface area contributed by atoms with Crippen molar-refractivity contribution in [2.24, 2.45) is 0 Å². The summed E-state index contributed by atoms with van der Waals surface area (Å²) in [7, 11) is 0. The molecule has 0 spiro atoms. The summed E-state index contributed by atoms with van der Waals surface area (Å²) in [4.78, 5) is 29.5. The van der Waals surface area contributed by atoms with Gasteiger partial charge in [0.1, 0.15) is 0 Å². The second kappa shape index (κ2) is 17.4. The van der Waals surface area contributed by atoms with Crippen LogP contribution in [0.3, 0.4) is 0 Å². The summed E-state index contributed by atoms with van der Waals surface area (Å²) in [6.45, 7) is 43.3. The molecule has 4 rings (SSSR count). The molecule has 0 unspecified atom stereocenters. The quantitative estimate of drug-likeness (QED) is 0.191. The Balaban J connectivity index is 0.000000760. The maximum Gasteiger partial charge on any atom is 0.0924 e. The minimum Gasteiger partial charge on any atom is -0.573 e. The van der Waals surface area contributed by atoms with E-state index in [2.05, 4.69) is 130 Å². The second-order valence-corrected chi connectivity index (χ2v) is 11.8. The van der Waals surface area contributed by atoms with Crippen LogP contribution in [0.5, 0.6) is 0 Å². The van der Waals surface area contributed by atoms with Crippen molar-refractivity contribution in [3.05, 3.63) is 95.5 Å². The van der Waals surface area contributed by atoms with E-state index in [1.54, 1.807) is 0 Å². The summed E-state index contributed by atoms with van der Waals surface area (Å²) in [5, 5.41) is 0. The molecule has 0 aliphatic heterocycles. The van der Waals surface area contributed by atoms with E-state index >= 15 is 0 Å². The van der Waals surface area contributed by atoms with Gasteiger partial charge in [-0.05, 0) is 128 Å². The molecule has 0 N–H and O–H groups in total. The number of nitrogens with zero attached hydrogens (tertiary/aromatic N) is 3. The Morgan fingerprint density at radius 1 is 0.356 bits per heavy atom. The topological polar surface area (TPSA) is 72.8 Å². The van der Waals surface area contributed by atoms with Crippen LogP contribution in [-0.2, 0) is 30.0 Å². The van der Waals surface area contributed by atoms with Crippen molar-refractivity contribution in [3.8, 4) is 22.6 Å². The molecule has 3 radical (unpaired) electrons. The molecule has 0 saturated heterocycles. The largest absolute Gasteiger partial charge is 0.573 e. The van der Waals surface area contributed by atoms with Gasteiger partial charge in [0, 0.05) is 37.5 Å². The zero-order valence-electron chi connectivity index (χ0n) is 30.0. The summed E-state index contributed by atoms with van der Waals surface area (Å²) in [6, 6.07) is 3.55. The van der Waals surface area contributed by atoms with Gasteiger partial charge in [-0.3, -0.25) is 9.97 Å². The molecule has 0 atom stereocenters. The first-order valence-electron chi connectivity index (χ1n) is 14.7. The van der Waals surface area contributed by atoms with Crippen LogP contribution in [0.25, 0.3) is 22.6 Å². The maximum atomic E-state index is 7.50. The first-order chi connectivity index (χ1) is 20.5. The molecule has 6 heteroatoms. The Hall–Kier alpha value is -3.33. The Bertz CT molecular complexity index is 1440. The average Bonchev–Trinajstić information content (AvgIpc) is 3.02. The third kappa shape index (κ3) is 8.48. The summed E-state index contributed by atoms with van der Waals surface area (Å²) in [5.41, 5.74) is 24.5. The fourth-order valence-electron chi connectivity index (χ4n) is 5.26. The summed E-state index contributed by atoms with van der Waals surface area (Å²) < 4.78 is 0. The molecule has 3 aromatic heterocycles. The predicted molar refractivity (Wildman–Crippen MR) is 183 cm³/mol. The SMILES string of the molecule is Cc1[c-]c(-c2nc(C)c(C)c(C)c2C)c(C)c(C)c1C.Cc1nc(-c2nc(C)c(C)c(C)c2C)c(C)c(C)c1C.[C-]=O.[C-]=O.[Re]. The number of benzene rings is 1. The minimum atomic E-state index is 0. The number of hydrogen-bond donors (Lipinski definition) is 0. The zero-order valence-corrected chi connectivity index (χ0v) is 32.8. The number of aromatic nitrogens is 3. The first kappa shape index (κ1) is 41.7. The third-order valence-electron chi connectivity index (χ3n) is 9.74. The summed E-state index contributed by atoms with van der Waals surface area (Å²) in [6.07, 6.45) is 0. The molecule has 45 heavy (non-hydrogen) atoms. The van der Waals surface area contributed by atoms with Gasteiger partial charge in [0.05, 0.1) is 11.4 Å². The van der Waals surface area contributed by atoms with Gasteiger partial charge < -0.3 is 28.2 Å². The molecule has 0 amide bonds. The number of pyridine rings is 3. The van der Waals surface area contributed by atoms with Crippen molar-refractivity contribution in [2.45, 2.75) is 111 Å². The molecule has 0 saturated carbocycles. The minimum absolute atomic E-state index is 0. The molecule has 0 bridgehead atoms. The van der Waals surface area contributed by atoms with Crippen LogP contribution >= 0.6 is 0 Å². The Morgan fingerprint density at radius 3 is 0.956 bits per heavy atom. The van der Waals surface area contributed by atoms with Crippen molar-refractivity contribution in [1.29, 1.82) is 0 Å². The average molecular weight is 777 g/mol. The molecule has 0 aliphatic carbocycles. The van der Waals surface area contributed by atoms with E-state index in [4.69, 9.17) is 24.5 Å². The molecule has 1 aromatic carbocycles. The summed E-state index contributed by atoms with van der Waals surface area (Å²) >= 11 is 0. The maximum absolute atomic E-state index is 7.50. The molecule has 5 nitrogen and oxygen atoms in total. The van der Waals surface area contributed by atoms with Gasteiger partial charge >= 0.3 is 0 Å². The van der Waals surface area contributed by atoms with E-state index in [1.165, 1.54) is 72.3 Å². The van der Waals surface area contributed by atoms with E-state index in [9.17, 15) is 0 Å². The first-order valence-corrected chi connectivity index (χ1v) is 14.7. The van der Waals surface area contributed by atoms with E-state index in [0.29, 0.717) is 0 Å². The van der Waals surface area contributed by atoms with Crippen LogP contribution in [-0.4, -0.2) is 28.5 Å². The van der Waals surface area contributed by atoms with Crippen molar-refractivity contribution < 1.29 is 30.0 Å². The van der Waals surface area contributed by atoms with Gasteiger partial charge in [0.25, 0.3) is 0 Å².